The van der Waals surface area contributed by atoms with Gasteiger partial charge in [-0.25, -0.2) is 4.98 Å². The number of hydrogen-bond acceptors (Lipinski definition) is 6. The van der Waals surface area contributed by atoms with Crippen molar-refractivity contribution in [2.75, 3.05) is 18.0 Å². The van der Waals surface area contributed by atoms with Crippen molar-refractivity contribution in [1.29, 1.82) is 0 Å². The van der Waals surface area contributed by atoms with E-state index in [0.717, 1.165) is 44.2 Å². The lowest BCUT2D eigenvalue weighted by molar-refractivity contribution is -0.122. The lowest BCUT2D eigenvalue weighted by atomic mass is 9.99. The number of pyridine rings is 1. The second-order valence-corrected chi connectivity index (χ2v) is 11.1. The summed E-state index contributed by atoms with van der Waals surface area (Å²) in [5, 5.41) is 0. The number of hydrogen-bond donors (Lipinski definition) is 0. The number of aryl methyl sites for hydroxylation is 1. The summed E-state index contributed by atoms with van der Waals surface area (Å²) in [5.74, 6) is 0.497. The average Bonchev–Trinajstić information content (AvgIpc) is 3.15. The minimum absolute atomic E-state index is 0.120. The molecule has 2 aliphatic rings. The quantitative estimate of drug-likeness (QED) is 0.239. The maximum absolute atomic E-state index is 13.8. The maximum Gasteiger partial charge on any atom is 0.267 e. The van der Waals surface area contributed by atoms with E-state index in [1.807, 2.05) is 25.1 Å². The third kappa shape index (κ3) is 4.84. The molecule has 186 valence electrons. The second-order valence-electron chi connectivity index (χ2n) is 9.42. The molecule has 0 radical (unpaired) electrons. The van der Waals surface area contributed by atoms with Crippen LogP contribution in [0.5, 0.6) is 0 Å². The lowest BCUT2D eigenvalue weighted by Gasteiger charge is -2.30. The van der Waals surface area contributed by atoms with E-state index in [1.54, 1.807) is 21.6 Å². The van der Waals surface area contributed by atoms with Gasteiger partial charge in [-0.2, -0.15) is 0 Å². The molecule has 0 aliphatic carbocycles. The number of fused-ring (bicyclic) bond motifs is 2. The summed E-state index contributed by atoms with van der Waals surface area (Å²) < 4.78 is 2.13. The molecule has 36 heavy (non-hydrogen) atoms. The van der Waals surface area contributed by atoms with Gasteiger partial charge in [0.05, 0.1) is 10.5 Å². The van der Waals surface area contributed by atoms with Crippen LogP contribution in [0.3, 0.4) is 0 Å². The zero-order valence-corrected chi connectivity index (χ0v) is 22.3. The molecule has 1 amide bonds. The van der Waals surface area contributed by atoms with Gasteiger partial charge in [0, 0.05) is 25.8 Å². The molecule has 1 aromatic carbocycles. The first-order valence-electron chi connectivity index (χ1n) is 12.6. The zero-order chi connectivity index (χ0) is 25.2. The number of unbranched alkanes of at least 4 members (excludes halogenated alkanes) is 3. The molecular formula is C28H30N4O2S2. The highest BCUT2D eigenvalue weighted by Gasteiger charge is 2.32. The Labute approximate surface area is 221 Å². The number of thiocarbonyl (C=S) groups is 1. The smallest absolute Gasteiger partial charge is 0.267 e. The Hall–Kier alpha value is -2.97. The Morgan fingerprint density at radius 3 is 2.69 bits per heavy atom. The molecule has 0 atom stereocenters. The predicted molar refractivity (Wildman–Crippen MR) is 151 cm³/mol. The first-order valence-corrected chi connectivity index (χ1v) is 13.8. The van der Waals surface area contributed by atoms with Crippen molar-refractivity contribution in [2.45, 2.75) is 52.5 Å². The summed E-state index contributed by atoms with van der Waals surface area (Å²) in [6, 6.07) is 12.2. The molecule has 2 aromatic heterocycles. The summed E-state index contributed by atoms with van der Waals surface area (Å²) in [6.45, 7) is 6.16. The van der Waals surface area contributed by atoms with E-state index < -0.39 is 0 Å². The topological polar surface area (TPSA) is 57.9 Å². The molecule has 6 nitrogen and oxygen atoms in total. The highest BCUT2D eigenvalue weighted by Crippen LogP contribution is 2.34. The molecule has 0 unspecified atom stereocenters. The van der Waals surface area contributed by atoms with Crippen molar-refractivity contribution in [3.05, 3.63) is 80.1 Å². The van der Waals surface area contributed by atoms with E-state index in [1.165, 1.54) is 22.9 Å². The highest BCUT2D eigenvalue weighted by atomic mass is 32.2. The maximum atomic E-state index is 13.8. The minimum atomic E-state index is -0.175. The number of nitrogens with zero attached hydrogens (tertiary/aromatic N) is 4. The molecule has 8 heteroatoms. The van der Waals surface area contributed by atoms with Gasteiger partial charge < -0.3 is 4.90 Å². The van der Waals surface area contributed by atoms with Crippen LogP contribution in [-0.2, 0) is 17.8 Å². The molecule has 5 rings (SSSR count). The van der Waals surface area contributed by atoms with Gasteiger partial charge in [-0.15, -0.1) is 0 Å². The Morgan fingerprint density at radius 1 is 1.08 bits per heavy atom. The van der Waals surface area contributed by atoms with Gasteiger partial charge in [0.2, 0.25) is 0 Å². The predicted octanol–water partition coefficient (Wildman–Crippen LogP) is 5.35. The largest absolute Gasteiger partial charge is 0.351 e. The molecule has 0 N–H and O–H groups in total. The Kier molecular flexibility index (Phi) is 7.25. The van der Waals surface area contributed by atoms with Crippen molar-refractivity contribution in [1.82, 2.24) is 14.3 Å². The molecular weight excluding hydrogens is 488 g/mol. The summed E-state index contributed by atoms with van der Waals surface area (Å²) in [4.78, 5) is 36.3. The summed E-state index contributed by atoms with van der Waals surface area (Å²) in [5.41, 5.74) is 4.39. The van der Waals surface area contributed by atoms with Gasteiger partial charge in [0.15, 0.2) is 0 Å². The molecule has 0 spiro atoms. The number of aromatic nitrogens is 2. The Morgan fingerprint density at radius 2 is 1.89 bits per heavy atom. The van der Waals surface area contributed by atoms with Crippen molar-refractivity contribution in [2.24, 2.45) is 0 Å². The number of anilines is 1. The molecule has 3 aromatic rings. The number of amides is 1. The molecule has 2 aliphatic heterocycles. The van der Waals surface area contributed by atoms with E-state index in [-0.39, 0.29) is 11.5 Å². The SMILES string of the molecule is CCCCCCN1C(=O)C(=Cc2c(N3CCc4ccccc4C3)nc3ccc(C)cn3c2=O)SC1=S. The summed E-state index contributed by atoms with van der Waals surface area (Å²) in [7, 11) is 0. The van der Waals surface area contributed by atoms with Crippen molar-refractivity contribution >= 4 is 51.7 Å². The fraction of sp³-hybridized carbons (Fsp3) is 0.357. The zero-order valence-electron chi connectivity index (χ0n) is 20.7. The monoisotopic (exact) mass is 518 g/mol. The number of carbonyl (C=O) groups is 1. The van der Waals surface area contributed by atoms with Crippen LogP contribution in [0, 0.1) is 6.92 Å². The van der Waals surface area contributed by atoms with Crippen LogP contribution in [0.15, 0.2) is 52.3 Å². The van der Waals surface area contributed by atoms with Gasteiger partial charge in [0.1, 0.15) is 15.8 Å². The molecule has 0 bridgehead atoms. The molecule has 0 saturated carbocycles. The number of carbonyl (C=O) groups excluding carboxylic acids is 1. The van der Waals surface area contributed by atoms with Crippen LogP contribution >= 0.6 is 24.0 Å². The van der Waals surface area contributed by atoms with Gasteiger partial charge in [-0.05, 0) is 48.6 Å². The average molecular weight is 519 g/mol. The van der Waals surface area contributed by atoms with Gasteiger partial charge >= 0.3 is 0 Å². The standard InChI is InChI=1S/C28H30N4O2S2/c1-3-4-5-8-14-31-27(34)23(36-28(31)35)16-22-25(29-24-12-11-19(2)17-32(24)26(22)33)30-15-13-20-9-6-7-10-21(20)18-30/h6-7,9-12,16-17H,3-5,8,13-15,18H2,1-2H3. The lowest BCUT2D eigenvalue weighted by Crippen LogP contribution is -2.34. The van der Waals surface area contributed by atoms with Gasteiger partial charge in [0.25, 0.3) is 11.5 Å². The number of rotatable bonds is 7. The van der Waals surface area contributed by atoms with E-state index in [4.69, 9.17) is 17.2 Å². The molecule has 1 fully saturated rings. The summed E-state index contributed by atoms with van der Waals surface area (Å²) >= 11 is 6.81. The fourth-order valence-electron chi connectivity index (χ4n) is 4.81. The molecule has 4 heterocycles. The van der Waals surface area contributed by atoms with Crippen molar-refractivity contribution in [3.8, 4) is 0 Å². The van der Waals surface area contributed by atoms with Gasteiger partial charge in [-0.3, -0.25) is 18.9 Å². The third-order valence-electron chi connectivity index (χ3n) is 6.80. The van der Waals surface area contributed by atoms with E-state index in [2.05, 4.69) is 30.0 Å². The second kappa shape index (κ2) is 10.6. The number of thioether (sulfide) groups is 1. The number of benzene rings is 1. The van der Waals surface area contributed by atoms with Crippen molar-refractivity contribution < 1.29 is 4.79 Å². The van der Waals surface area contributed by atoms with E-state index >= 15 is 0 Å². The fourth-order valence-corrected chi connectivity index (χ4v) is 6.10. The Bertz CT molecular complexity index is 1430. The van der Waals surface area contributed by atoms with Crippen LogP contribution in [0.2, 0.25) is 0 Å². The van der Waals surface area contributed by atoms with E-state index in [9.17, 15) is 9.59 Å². The van der Waals surface area contributed by atoms with Gasteiger partial charge in [-0.1, -0.05) is 80.5 Å². The van der Waals surface area contributed by atoms with Crippen LogP contribution < -0.4 is 10.5 Å². The van der Waals surface area contributed by atoms with Crippen LogP contribution in [0.25, 0.3) is 11.7 Å². The van der Waals surface area contributed by atoms with Crippen LogP contribution in [-0.4, -0.2) is 37.6 Å². The Balaban J connectivity index is 1.55. The van der Waals surface area contributed by atoms with E-state index in [0.29, 0.717) is 39.3 Å². The first kappa shape index (κ1) is 24.7. The van der Waals surface area contributed by atoms with Crippen molar-refractivity contribution in [3.63, 3.8) is 0 Å². The summed E-state index contributed by atoms with van der Waals surface area (Å²) in [6.07, 6.45) is 8.67. The first-order chi connectivity index (χ1) is 17.5. The highest BCUT2D eigenvalue weighted by molar-refractivity contribution is 8.26. The minimum Gasteiger partial charge on any atom is -0.351 e. The normalized spacial score (nSPS) is 16.9. The molecule has 1 saturated heterocycles. The van der Waals surface area contributed by atoms with Crippen LogP contribution in [0.1, 0.15) is 54.9 Å². The van der Waals surface area contributed by atoms with Crippen LogP contribution in [0.4, 0.5) is 5.82 Å². The third-order valence-corrected chi connectivity index (χ3v) is 8.18.